The largest absolute Gasteiger partial charge is 0.369 e. The molecule has 238 valence electrons. The van der Waals surface area contributed by atoms with Gasteiger partial charge >= 0.3 is 0 Å². The maximum atomic E-state index is 6.65. The van der Waals surface area contributed by atoms with Gasteiger partial charge in [-0.15, -0.1) is 0 Å². The second kappa shape index (κ2) is 13.8. The molecule has 48 heavy (non-hydrogen) atoms. The molecule has 7 aromatic rings. The van der Waals surface area contributed by atoms with E-state index in [-0.39, 0.29) is 0 Å². The molecule has 4 aromatic carbocycles. The zero-order valence-corrected chi connectivity index (χ0v) is 26.7. The van der Waals surface area contributed by atoms with Gasteiger partial charge in [0.25, 0.3) is 0 Å². The molecule has 8 rings (SSSR count). The van der Waals surface area contributed by atoms with Crippen LogP contribution in [0.4, 0.5) is 0 Å². The molecule has 0 saturated heterocycles. The first kappa shape index (κ1) is 30.0. The number of aromatic amines is 3. The highest BCUT2D eigenvalue weighted by atomic mass is 16.5. The Morgan fingerprint density at radius 3 is 0.854 bits per heavy atom. The summed E-state index contributed by atoms with van der Waals surface area (Å²) in [4.78, 5) is 11.0. The third-order valence-corrected chi connectivity index (χ3v) is 8.87. The topological polar surface area (TPSA) is 75.1 Å². The van der Waals surface area contributed by atoms with E-state index in [2.05, 4.69) is 148 Å². The molecule has 0 aliphatic carbocycles. The van der Waals surface area contributed by atoms with E-state index in [1.165, 1.54) is 0 Å². The van der Waals surface area contributed by atoms with Crippen LogP contribution >= 0.6 is 0 Å². The van der Waals surface area contributed by atoms with E-state index in [1.54, 1.807) is 0 Å². The minimum atomic E-state index is 0.393. The number of ether oxygens (including phenoxy) is 3. The molecule has 1 aliphatic heterocycles. The summed E-state index contributed by atoms with van der Waals surface area (Å²) in [5, 5.41) is 0. The molecule has 0 fully saturated rings. The van der Waals surface area contributed by atoms with Crippen molar-refractivity contribution in [2.75, 3.05) is 0 Å². The van der Waals surface area contributed by atoms with E-state index in [1.807, 2.05) is 0 Å². The minimum absolute atomic E-state index is 0.393. The van der Waals surface area contributed by atoms with Crippen molar-refractivity contribution in [3.8, 4) is 44.5 Å². The predicted octanol–water partition coefficient (Wildman–Crippen LogP) is 9.80. The van der Waals surface area contributed by atoms with Gasteiger partial charge in [-0.1, -0.05) is 121 Å². The summed E-state index contributed by atoms with van der Waals surface area (Å²) in [5.74, 6) is 0. The number of rotatable bonds is 4. The summed E-state index contributed by atoms with van der Waals surface area (Å²) >= 11 is 0. The molecule has 6 nitrogen and oxygen atoms in total. The average molecular weight is 632 g/mol. The van der Waals surface area contributed by atoms with E-state index < -0.39 is 0 Å². The van der Waals surface area contributed by atoms with Crippen molar-refractivity contribution in [1.82, 2.24) is 15.0 Å². The molecule has 0 spiro atoms. The quantitative estimate of drug-likeness (QED) is 0.181. The van der Waals surface area contributed by atoms with Crippen LogP contribution in [0.25, 0.3) is 44.5 Å². The molecule has 4 heterocycles. The fraction of sp³-hybridized carbons (Fsp3) is 0.143. The van der Waals surface area contributed by atoms with E-state index in [0.717, 1.165) is 78.7 Å². The third-order valence-electron chi connectivity index (χ3n) is 8.87. The maximum absolute atomic E-state index is 6.65. The second-order valence-corrected chi connectivity index (χ2v) is 12.1. The first-order valence-corrected chi connectivity index (χ1v) is 16.4. The molecule has 0 saturated carbocycles. The first-order valence-electron chi connectivity index (χ1n) is 16.4. The van der Waals surface area contributed by atoms with E-state index in [0.29, 0.717) is 39.6 Å². The zero-order chi connectivity index (χ0) is 32.1. The Labute approximate surface area is 280 Å². The van der Waals surface area contributed by atoms with Crippen molar-refractivity contribution in [2.45, 2.75) is 39.6 Å². The Kier molecular flexibility index (Phi) is 8.59. The molecule has 3 aromatic heterocycles. The summed E-state index contributed by atoms with van der Waals surface area (Å²) < 4.78 is 19.3. The number of fused-ring (bicyclic) bond motifs is 6. The van der Waals surface area contributed by atoms with Crippen LogP contribution < -0.4 is 0 Å². The summed E-state index contributed by atoms with van der Waals surface area (Å²) in [6.45, 7) is 2.55. The van der Waals surface area contributed by atoms with Crippen LogP contribution in [0.15, 0.2) is 133 Å². The van der Waals surface area contributed by atoms with Gasteiger partial charge in [-0.25, -0.2) is 0 Å². The molecular formula is C42H37N3O3. The Bertz CT molecular complexity index is 1950. The van der Waals surface area contributed by atoms with Crippen LogP contribution in [-0.4, -0.2) is 15.0 Å². The molecule has 6 heteroatoms. The highest BCUT2D eigenvalue weighted by Gasteiger charge is 2.23. The van der Waals surface area contributed by atoms with Crippen LogP contribution in [0.2, 0.25) is 0 Å². The fourth-order valence-electron chi connectivity index (χ4n) is 6.78. The van der Waals surface area contributed by atoms with Crippen LogP contribution in [0.3, 0.4) is 0 Å². The van der Waals surface area contributed by atoms with Gasteiger partial charge in [-0.2, -0.15) is 0 Å². The standard InChI is InChI=1S/C42H37N3O3/c1-5-13-29(14-6-1)39-35-25-46-23-33-21-22-34(43-33)24-47-26-36-40(30-15-7-2-8-16-30)42(32-19-11-4-12-20-32)38(45-36)28-48-27-37(44-35)41(39)31-17-9-3-10-18-31/h1-22,43-45H,23-28H2. The van der Waals surface area contributed by atoms with Gasteiger partial charge < -0.3 is 29.2 Å². The lowest BCUT2D eigenvalue weighted by molar-refractivity contribution is 0.0931. The summed E-state index contributed by atoms with van der Waals surface area (Å²) in [5.41, 5.74) is 15.2. The fourth-order valence-corrected chi connectivity index (χ4v) is 6.78. The minimum Gasteiger partial charge on any atom is -0.369 e. The Morgan fingerprint density at radius 1 is 0.292 bits per heavy atom. The van der Waals surface area contributed by atoms with Crippen molar-refractivity contribution in [2.24, 2.45) is 0 Å². The normalized spacial score (nSPS) is 13.9. The SMILES string of the molecule is c1ccc(-c2c3[nH]c(c2-c2ccccc2)COCc2[nH]c(c(-c4ccccc4)c2-c2ccccc2)COCc2ccc([nH]2)COC3)cc1. The van der Waals surface area contributed by atoms with Crippen LogP contribution in [-0.2, 0) is 53.9 Å². The van der Waals surface area contributed by atoms with Gasteiger partial charge in [0.05, 0.1) is 39.6 Å². The Balaban J connectivity index is 1.26. The lowest BCUT2D eigenvalue weighted by Gasteiger charge is -2.12. The van der Waals surface area contributed by atoms with Crippen molar-refractivity contribution < 1.29 is 14.2 Å². The molecule has 0 amide bonds. The number of benzene rings is 4. The second-order valence-electron chi connectivity index (χ2n) is 12.1. The van der Waals surface area contributed by atoms with Crippen LogP contribution in [0, 0.1) is 0 Å². The highest BCUT2D eigenvalue weighted by Crippen LogP contribution is 2.41. The van der Waals surface area contributed by atoms with Crippen molar-refractivity contribution in [3.63, 3.8) is 0 Å². The average Bonchev–Trinajstić information content (AvgIpc) is 3.85. The molecule has 1 aliphatic rings. The lowest BCUT2D eigenvalue weighted by atomic mass is 9.94. The van der Waals surface area contributed by atoms with E-state index in [9.17, 15) is 0 Å². The summed E-state index contributed by atoms with van der Waals surface area (Å²) in [6, 6.07) is 46.3. The van der Waals surface area contributed by atoms with Gasteiger partial charge in [0.2, 0.25) is 0 Å². The van der Waals surface area contributed by atoms with Crippen molar-refractivity contribution in [1.29, 1.82) is 0 Å². The smallest absolute Gasteiger partial charge is 0.0877 e. The summed E-state index contributed by atoms with van der Waals surface area (Å²) in [6.07, 6.45) is 0. The molecule has 0 atom stereocenters. The molecule has 6 bridgehead atoms. The summed E-state index contributed by atoms with van der Waals surface area (Å²) in [7, 11) is 0. The molecule has 0 radical (unpaired) electrons. The third kappa shape index (κ3) is 6.17. The van der Waals surface area contributed by atoms with Gasteiger partial charge in [0, 0.05) is 56.4 Å². The Hall–Kier alpha value is -5.40. The number of hydrogen-bond acceptors (Lipinski definition) is 3. The Morgan fingerprint density at radius 2 is 0.562 bits per heavy atom. The lowest BCUT2D eigenvalue weighted by Crippen LogP contribution is -2.00. The predicted molar refractivity (Wildman–Crippen MR) is 190 cm³/mol. The van der Waals surface area contributed by atoms with Crippen LogP contribution in [0.1, 0.15) is 34.2 Å². The van der Waals surface area contributed by atoms with Crippen molar-refractivity contribution >= 4 is 0 Å². The number of aromatic nitrogens is 3. The van der Waals surface area contributed by atoms with Crippen molar-refractivity contribution in [3.05, 3.63) is 168 Å². The highest BCUT2D eigenvalue weighted by molar-refractivity contribution is 5.88. The van der Waals surface area contributed by atoms with Gasteiger partial charge in [-0.05, 0) is 34.4 Å². The van der Waals surface area contributed by atoms with Gasteiger partial charge in [0.15, 0.2) is 0 Å². The number of H-pyrrole nitrogens is 3. The first-order chi connectivity index (χ1) is 23.8. The number of nitrogens with one attached hydrogen (secondary N) is 3. The van der Waals surface area contributed by atoms with Crippen LogP contribution in [0.5, 0.6) is 0 Å². The van der Waals surface area contributed by atoms with E-state index in [4.69, 9.17) is 14.2 Å². The van der Waals surface area contributed by atoms with Gasteiger partial charge in [-0.3, -0.25) is 0 Å². The number of hydrogen-bond donors (Lipinski definition) is 3. The molecule has 3 N–H and O–H groups in total. The zero-order valence-electron chi connectivity index (χ0n) is 26.7. The maximum Gasteiger partial charge on any atom is 0.0877 e. The molecule has 0 unspecified atom stereocenters. The van der Waals surface area contributed by atoms with E-state index >= 15 is 0 Å². The molecular weight excluding hydrogens is 594 g/mol. The van der Waals surface area contributed by atoms with Gasteiger partial charge in [0.1, 0.15) is 0 Å². The monoisotopic (exact) mass is 631 g/mol.